The summed E-state index contributed by atoms with van der Waals surface area (Å²) < 4.78 is 20.1. The molecule has 5 aromatic rings. The van der Waals surface area contributed by atoms with Gasteiger partial charge in [0.2, 0.25) is 0 Å². The summed E-state index contributed by atoms with van der Waals surface area (Å²) >= 11 is 0. The molecule has 0 aliphatic rings. The standard InChI is InChI=1S/C23H24FN7O2/c1-13(2)11-30-20-18(22(32)29(4)23(30)33)19(21-25-7-8-28(21)3)31(27-20)12-14-10-26-17-6-5-15(24)9-16(14)17/h5-10,13,26H,11-12H2,1-4H3. The van der Waals surface area contributed by atoms with Crippen LogP contribution < -0.4 is 11.2 Å². The maximum absolute atomic E-state index is 13.9. The van der Waals surface area contributed by atoms with Gasteiger partial charge < -0.3 is 9.55 Å². The average molecular weight is 449 g/mol. The number of aromatic amines is 1. The Balaban J connectivity index is 1.84. The first-order valence-corrected chi connectivity index (χ1v) is 10.7. The maximum atomic E-state index is 13.9. The van der Waals surface area contributed by atoms with E-state index in [1.807, 2.05) is 20.9 Å². The van der Waals surface area contributed by atoms with Crippen LogP contribution in [-0.4, -0.2) is 33.4 Å². The smallest absolute Gasteiger partial charge is 0.332 e. The van der Waals surface area contributed by atoms with E-state index in [2.05, 4.69) is 9.97 Å². The minimum absolute atomic E-state index is 0.168. The van der Waals surface area contributed by atoms with Gasteiger partial charge in [0.1, 0.15) is 16.9 Å². The Bertz CT molecular complexity index is 1630. The highest BCUT2D eigenvalue weighted by Crippen LogP contribution is 2.27. The van der Waals surface area contributed by atoms with Gasteiger partial charge in [-0.05, 0) is 29.7 Å². The van der Waals surface area contributed by atoms with Crippen molar-refractivity contribution in [3.8, 4) is 11.5 Å². The third-order valence-corrected chi connectivity index (χ3v) is 5.86. The molecule has 0 saturated carbocycles. The van der Waals surface area contributed by atoms with Gasteiger partial charge >= 0.3 is 5.69 Å². The van der Waals surface area contributed by atoms with E-state index < -0.39 is 11.2 Å². The highest BCUT2D eigenvalue weighted by Gasteiger charge is 2.25. The number of hydrogen-bond acceptors (Lipinski definition) is 4. The quantitative estimate of drug-likeness (QED) is 0.446. The van der Waals surface area contributed by atoms with Crippen molar-refractivity contribution >= 4 is 21.9 Å². The van der Waals surface area contributed by atoms with Gasteiger partial charge in [-0.1, -0.05) is 13.8 Å². The van der Waals surface area contributed by atoms with Crippen molar-refractivity contribution in [2.75, 3.05) is 0 Å². The molecular formula is C23H24FN7O2. The molecule has 0 bridgehead atoms. The fourth-order valence-electron chi connectivity index (χ4n) is 4.27. The van der Waals surface area contributed by atoms with Gasteiger partial charge in [0, 0.05) is 50.1 Å². The van der Waals surface area contributed by atoms with Crippen LogP contribution in [0.1, 0.15) is 19.4 Å². The number of rotatable bonds is 5. The number of aromatic nitrogens is 7. The molecule has 0 fully saturated rings. The van der Waals surface area contributed by atoms with E-state index >= 15 is 0 Å². The summed E-state index contributed by atoms with van der Waals surface area (Å²) in [6.07, 6.45) is 5.24. The first-order chi connectivity index (χ1) is 15.8. The third kappa shape index (κ3) is 3.29. The lowest BCUT2D eigenvalue weighted by Crippen LogP contribution is -2.38. The maximum Gasteiger partial charge on any atom is 0.332 e. The second-order valence-electron chi connectivity index (χ2n) is 8.72. The molecule has 4 aromatic heterocycles. The largest absolute Gasteiger partial charge is 0.361 e. The highest BCUT2D eigenvalue weighted by atomic mass is 19.1. The van der Waals surface area contributed by atoms with E-state index in [4.69, 9.17) is 5.10 Å². The van der Waals surface area contributed by atoms with E-state index in [1.54, 1.807) is 38.5 Å². The third-order valence-electron chi connectivity index (χ3n) is 5.86. The average Bonchev–Trinajstić information content (AvgIpc) is 3.47. The zero-order chi connectivity index (χ0) is 23.4. The molecule has 170 valence electrons. The van der Waals surface area contributed by atoms with Crippen LogP contribution in [0.3, 0.4) is 0 Å². The van der Waals surface area contributed by atoms with Crippen LogP contribution in [0.5, 0.6) is 0 Å². The number of nitrogens with one attached hydrogen (secondary N) is 1. The van der Waals surface area contributed by atoms with Gasteiger partial charge in [0.15, 0.2) is 11.5 Å². The number of fused-ring (bicyclic) bond motifs is 2. The van der Waals surface area contributed by atoms with Crippen LogP contribution in [0.25, 0.3) is 33.5 Å². The molecule has 0 aliphatic carbocycles. The van der Waals surface area contributed by atoms with Crippen molar-refractivity contribution < 1.29 is 4.39 Å². The number of imidazole rings is 1. The number of benzene rings is 1. The first kappa shape index (κ1) is 20.9. The number of H-pyrrole nitrogens is 1. The molecule has 0 atom stereocenters. The predicted molar refractivity (Wildman–Crippen MR) is 124 cm³/mol. The normalized spacial score (nSPS) is 11.9. The van der Waals surface area contributed by atoms with Gasteiger partial charge in [0.05, 0.1) is 6.54 Å². The van der Waals surface area contributed by atoms with Crippen LogP contribution in [0.2, 0.25) is 0 Å². The van der Waals surface area contributed by atoms with Crippen molar-refractivity contribution in [2.24, 2.45) is 20.0 Å². The molecule has 9 nitrogen and oxygen atoms in total. The Labute approximate surface area is 187 Å². The zero-order valence-corrected chi connectivity index (χ0v) is 18.8. The lowest BCUT2D eigenvalue weighted by molar-refractivity contribution is 0.498. The molecule has 5 rings (SSSR count). The molecule has 10 heteroatoms. The van der Waals surface area contributed by atoms with Crippen molar-refractivity contribution in [1.82, 2.24) is 33.4 Å². The van der Waals surface area contributed by atoms with Crippen molar-refractivity contribution in [2.45, 2.75) is 26.9 Å². The van der Waals surface area contributed by atoms with E-state index in [-0.39, 0.29) is 18.3 Å². The summed E-state index contributed by atoms with van der Waals surface area (Å²) in [5.41, 5.74) is 1.61. The minimum Gasteiger partial charge on any atom is -0.361 e. The van der Waals surface area contributed by atoms with Gasteiger partial charge in [0.25, 0.3) is 5.56 Å². The zero-order valence-electron chi connectivity index (χ0n) is 18.8. The second-order valence-corrected chi connectivity index (χ2v) is 8.72. The fourth-order valence-corrected chi connectivity index (χ4v) is 4.27. The fraction of sp³-hybridized carbons (Fsp3) is 0.304. The minimum atomic E-state index is -0.427. The molecule has 33 heavy (non-hydrogen) atoms. The number of aryl methyl sites for hydroxylation is 1. The predicted octanol–water partition coefficient (Wildman–Crippen LogP) is 2.62. The molecule has 0 unspecified atom stereocenters. The van der Waals surface area contributed by atoms with Gasteiger partial charge in [-0.25, -0.2) is 14.2 Å². The van der Waals surface area contributed by atoms with Gasteiger partial charge in [-0.3, -0.25) is 18.6 Å². The SMILES string of the molecule is CC(C)Cn1c(=O)n(C)c(=O)c2c(-c3nccn3C)n(Cc3c[nH]c4ccc(F)cc34)nc21. The Kier molecular flexibility index (Phi) is 4.80. The van der Waals surface area contributed by atoms with Gasteiger partial charge in [-0.15, -0.1) is 0 Å². The van der Waals surface area contributed by atoms with Crippen LogP contribution in [0.15, 0.2) is 46.4 Å². The summed E-state index contributed by atoms with van der Waals surface area (Å²) in [6.45, 7) is 4.68. The summed E-state index contributed by atoms with van der Waals surface area (Å²) in [5, 5.41) is 5.80. The lowest BCUT2D eigenvalue weighted by Gasteiger charge is -2.11. The molecule has 1 aromatic carbocycles. The van der Waals surface area contributed by atoms with E-state index in [1.165, 1.54) is 19.2 Å². The number of hydrogen-bond donors (Lipinski definition) is 1. The van der Waals surface area contributed by atoms with Crippen LogP contribution in [0, 0.1) is 11.7 Å². The lowest BCUT2D eigenvalue weighted by atomic mass is 10.1. The molecule has 1 N–H and O–H groups in total. The molecular weight excluding hydrogens is 425 g/mol. The van der Waals surface area contributed by atoms with E-state index in [0.717, 1.165) is 21.0 Å². The summed E-state index contributed by atoms with van der Waals surface area (Å²) in [7, 11) is 3.31. The monoisotopic (exact) mass is 449 g/mol. The molecule has 0 amide bonds. The Morgan fingerprint density at radius 1 is 1.18 bits per heavy atom. The van der Waals surface area contributed by atoms with Crippen molar-refractivity contribution in [3.63, 3.8) is 0 Å². The topological polar surface area (TPSA) is 95.4 Å². The molecule has 0 radical (unpaired) electrons. The van der Waals surface area contributed by atoms with Crippen LogP contribution in [-0.2, 0) is 27.2 Å². The summed E-state index contributed by atoms with van der Waals surface area (Å²) in [6, 6.07) is 4.56. The molecule has 0 spiro atoms. The second kappa shape index (κ2) is 7.58. The first-order valence-electron chi connectivity index (χ1n) is 10.7. The number of nitrogens with zero attached hydrogens (tertiary/aromatic N) is 6. The van der Waals surface area contributed by atoms with Crippen molar-refractivity contribution in [1.29, 1.82) is 0 Å². The number of halogens is 1. The summed E-state index contributed by atoms with van der Waals surface area (Å²) in [5.74, 6) is 0.384. The molecule has 4 heterocycles. The van der Waals surface area contributed by atoms with Crippen LogP contribution in [0.4, 0.5) is 4.39 Å². The Morgan fingerprint density at radius 3 is 2.67 bits per heavy atom. The Morgan fingerprint density at radius 2 is 1.97 bits per heavy atom. The molecule has 0 aliphatic heterocycles. The van der Waals surface area contributed by atoms with Crippen LogP contribution >= 0.6 is 0 Å². The van der Waals surface area contributed by atoms with E-state index in [9.17, 15) is 14.0 Å². The molecule has 0 saturated heterocycles. The highest BCUT2D eigenvalue weighted by molar-refractivity contribution is 5.89. The van der Waals surface area contributed by atoms with Crippen molar-refractivity contribution in [3.05, 3.63) is 69.0 Å². The van der Waals surface area contributed by atoms with Gasteiger partial charge in [-0.2, -0.15) is 5.10 Å². The Hall–Kier alpha value is -3.95. The van der Waals surface area contributed by atoms with E-state index in [0.29, 0.717) is 29.1 Å². The summed E-state index contributed by atoms with van der Waals surface area (Å²) in [4.78, 5) is 33.9.